The predicted octanol–water partition coefficient (Wildman–Crippen LogP) is 4.70. The van der Waals surface area contributed by atoms with E-state index in [2.05, 4.69) is 0 Å². The summed E-state index contributed by atoms with van der Waals surface area (Å²) in [6.45, 7) is 1.66. The molecule has 0 N–H and O–H groups in total. The Balaban J connectivity index is 1.66. The molecule has 5 rings (SSSR count). The van der Waals surface area contributed by atoms with Crippen molar-refractivity contribution in [1.82, 2.24) is 8.54 Å². The van der Waals surface area contributed by atoms with E-state index in [-0.39, 0.29) is 21.5 Å². The Morgan fingerprint density at radius 1 is 0.676 bits per heavy atom. The van der Waals surface area contributed by atoms with Crippen LogP contribution in [0.2, 0.25) is 0 Å². The van der Waals surface area contributed by atoms with Gasteiger partial charge in [-0.15, -0.1) is 0 Å². The number of imidazole rings is 1. The normalized spacial score (nSPS) is 11.6. The summed E-state index contributed by atoms with van der Waals surface area (Å²) in [5.41, 5.74) is 2.15. The highest BCUT2D eigenvalue weighted by Gasteiger charge is 2.28. The van der Waals surface area contributed by atoms with Crippen LogP contribution in [0.25, 0.3) is 22.2 Å². The quantitative estimate of drug-likeness (QED) is 0.383. The molecule has 6 nitrogen and oxygen atoms in total. The van der Waals surface area contributed by atoms with Gasteiger partial charge in [0.15, 0.2) is 0 Å². The first-order valence-corrected chi connectivity index (χ1v) is 12.1. The Labute approximate surface area is 196 Å². The Bertz CT molecular complexity index is 1700. The third-order valence-electron chi connectivity index (χ3n) is 5.76. The summed E-state index contributed by atoms with van der Waals surface area (Å²) in [7, 11) is -4.23. The van der Waals surface area contributed by atoms with Gasteiger partial charge in [0.1, 0.15) is 0 Å². The van der Waals surface area contributed by atoms with Crippen LogP contribution in [0.5, 0.6) is 0 Å². The molecule has 5 aromatic rings. The van der Waals surface area contributed by atoms with Crippen LogP contribution < -0.4 is 5.69 Å². The summed E-state index contributed by atoms with van der Waals surface area (Å²) in [6.07, 6.45) is 0. The molecule has 0 saturated heterocycles. The van der Waals surface area contributed by atoms with Gasteiger partial charge in [-0.2, -0.15) is 3.97 Å². The van der Waals surface area contributed by atoms with Crippen molar-refractivity contribution in [3.63, 3.8) is 0 Å². The number of rotatable bonds is 4. The number of carbonyl (C=O) groups excluding carboxylic acids is 1. The lowest BCUT2D eigenvalue weighted by Gasteiger charge is -2.08. The van der Waals surface area contributed by atoms with Crippen molar-refractivity contribution >= 4 is 27.0 Å². The Morgan fingerprint density at radius 3 is 1.91 bits per heavy atom. The van der Waals surface area contributed by atoms with Crippen molar-refractivity contribution in [2.45, 2.75) is 11.8 Å². The van der Waals surface area contributed by atoms with E-state index in [9.17, 15) is 18.0 Å². The molecule has 34 heavy (non-hydrogen) atoms. The fourth-order valence-corrected chi connectivity index (χ4v) is 5.68. The second-order valence-electron chi connectivity index (χ2n) is 7.89. The summed E-state index contributed by atoms with van der Waals surface area (Å²) < 4.78 is 28.6. The lowest BCUT2D eigenvalue weighted by atomic mass is 10.0. The van der Waals surface area contributed by atoms with Gasteiger partial charge < -0.3 is 0 Å². The number of hydrogen-bond donors (Lipinski definition) is 0. The van der Waals surface area contributed by atoms with Gasteiger partial charge in [0, 0.05) is 5.56 Å². The second-order valence-corrected chi connectivity index (χ2v) is 9.65. The summed E-state index contributed by atoms with van der Waals surface area (Å²) in [4.78, 5) is 26.9. The molecule has 1 heterocycles. The summed E-state index contributed by atoms with van der Waals surface area (Å²) in [5.74, 6) is -0.598. The maximum atomic E-state index is 13.5. The topological polar surface area (TPSA) is 78.1 Å². The maximum Gasteiger partial charge on any atom is 0.350 e. The van der Waals surface area contributed by atoms with E-state index < -0.39 is 21.6 Å². The minimum Gasteiger partial charge on any atom is -0.268 e. The molecule has 0 saturated carbocycles. The number of para-hydroxylation sites is 2. The fourth-order valence-electron chi connectivity index (χ4n) is 4.06. The molecule has 0 atom stereocenters. The van der Waals surface area contributed by atoms with Crippen molar-refractivity contribution in [3.8, 4) is 11.1 Å². The number of fused-ring (bicyclic) bond motifs is 1. The van der Waals surface area contributed by atoms with E-state index in [0.29, 0.717) is 9.54 Å². The predicted molar refractivity (Wildman–Crippen MR) is 132 cm³/mol. The van der Waals surface area contributed by atoms with Gasteiger partial charge in [-0.1, -0.05) is 72.8 Å². The molecule has 0 spiro atoms. The molecular formula is C27H20N2O4S. The van der Waals surface area contributed by atoms with Gasteiger partial charge in [0.2, 0.25) is 0 Å². The van der Waals surface area contributed by atoms with E-state index >= 15 is 0 Å². The molecule has 0 aliphatic rings. The monoisotopic (exact) mass is 468 g/mol. The number of aromatic nitrogens is 2. The number of nitrogens with zero attached hydrogens (tertiary/aromatic N) is 2. The van der Waals surface area contributed by atoms with E-state index in [1.807, 2.05) is 30.3 Å². The first-order valence-electron chi connectivity index (χ1n) is 10.6. The van der Waals surface area contributed by atoms with Gasteiger partial charge in [-0.05, 0) is 53.9 Å². The van der Waals surface area contributed by atoms with Crippen LogP contribution in [0.15, 0.2) is 113 Å². The summed E-state index contributed by atoms with van der Waals surface area (Å²) >= 11 is 0. The highest BCUT2D eigenvalue weighted by molar-refractivity contribution is 7.90. The smallest absolute Gasteiger partial charge is 0.268 e. The van der Waals surface area contributed by atoms with Crippen molar-refractivity contribution < 1.29 is 13.2 Å². The molecule has 7 heteroatoms. The van der Waals surface area contributed by atoms with Gasteiger partial charge in [0.25, 0.3) is 15.9 Å². The largest absolute Gasteiger partial charge is 0.350 e. The first kappa shape index (κ1) is 21.6. The van der Waals surface area contributed by atoms with Crippen molar-refractivity contribution in [2.75, 3.05) is 0 Å². The standard InChI is InChI=1S/C27H20N2O4S/c1-19-9-5-8-14-25(19)34(32,33)29-24-13-7-6-12-23(24)28(27(29)31)26(30)22-17-15-21(16-18-22)20-10-3-2-4-11-20/h2-18H,1H3. The SMILES string of the molecule is Cc1ccccc1S(=O)(=O)n1c(=O)n(C(=O)c2ccc(-c3ccccc3)cc2)c2ccccc21. The van der Waals surface area contributed by atoms with Gasteiger partial charge in [-0.25, -0.2) is 17.8 Å². The molecule has 0 aliphatic carbocycles. The highest BCUT2D eigenvalue weighted by Crippen LogP contribution is 2.24. The average Bonchev–Trinajstić information content (AvgIpc) is 3.16. The van der Waals surface area contributed by atoms with Gasteiger partial charge >= 0.3 is 5.69 Å². The molecular weight excluding hydrogens is 448 g/mol. The number of carbonyl (C=O) groups is 1. The number of aryl methyl sites for hydroxylation is 1. The maximum absolute atomic E-state index is 13.5. The Hall–Kier alpha value is -4.23. The van der Waals surface area contributed by atoms with Crippen molar-refractivity contribution in [3.05, 3.63) is 125 Å². The van der Waals surface area contributed by atoms with Crippen LogP contribution >= 0.6 is 0 Å². The summed E-state index contributed by atoms with van der Waals surface area (Å²) in [5, 5.41) is 0. The van der Waals surface area contributed by atoms with Crippen LogP contribution in [0.4, 0.5) is 0 Å². The Morgan fingerprint density at radius 2 is 1.24 bits per heavy atom. The molecule has 0 aliphatic heterocycles. The zero-order valence-corrected chi connectivity index (χ0v) is 19.1. The third-order valence-corrected chi connectivity index (χ3v) is 7.61. The molecule has 0 radical (unpaired) electrons. The van der Waals surface area contributed by atoms with Crippen molar-refractivity contribution in [2.24, 2.45) is 0 Å². The first-order chi connectivity index (χ1) is 16.4. The van der Waals surface area contributed by atoms with E-state index in [1.54, 1.807) is 67.6 Å². The number of hydrogen-bond acceptors (Lipinski definition) is 4. The number of benzene rings is 4. The molecule has 0 unspecified atom stereocenters. The van der Waals surface area contributed by atoms with Crippen LogP contribution in [0.3, 0.4) is 0 Å². The van der Waals surface area contributed by atoms with Crippen LogP contribution in [-0.4, -0.2) is 22.9 Å². The molecule has 168 valence electrons. The summed E-state index contributed by atoms with van der Waals surface area (Å²) in [6, 6.07) is 29.4. The van der Waals surface area contributed by atoms with E-state index in [0.717, 1.165) is 15.7 Å². The van der Waals surface area contributed by atoms with Gasteiger partial charge in [-0.3, -0.25) is 4.79 Å². The average molecular weight is 469 g/mol. The molecule has 4 aromatic carbocycles. The van der Waals surface area contributed by atoms with Crippen LogP contribution in [0, 0.1) is 6.92 Å². The fraction of sp³-hybridized carbons (Fsp3) is 0.0370. The van der Waals surface area contributed by atoms with E-state index in [4.69, 9.17) is 0 Å². The minimum absolute atomic E-state index is 0.0136. The molecule has 0 amide bonds. The lowest BCUT2D eigenvalue weighted by molar-refractivity contribution is 0.0961. The Kier molecular flexibility index (Phi) is 5.26. The minimum atomic E-state index is -4.23. The second kappa shape index (κ2) is 8.28. The third kappa shape index (κ3) is 3.47. The van der Waals surface area contributed by atoms with Crippen molar-refractivity contribution in [1.29, 1.82) is 0 Å². The molecule has 0 bridgehead atoms. The van der Waals surface area contributed by atoms with Gasteiger partial charge in [0.05, 0.1) is 15.9 Å². The van der Waals surface area contributed by atoms with Crippen LogP contribution in [0.1, 0.15) is 15.9 Å². The molecule has 1 aromatic heterocycles. The van der Waals surface area contributed by atoms with Crippen LogP contribution in [-0.2, 0) is 10.0 Å². The zero-order valence-electron chi connectivity index (χ0n) is 18.3. The molecule has 0 fully saturated rings. The van der Waals surface area contributed by atoms with E-state index in [1.165, 1.54) is 12.1 Å². The highest BCUT2D eigenvalue weighted by atomic mass is 32.2. The lowest BCUT2D eigenvalue weighted by Crippen LogP contribution is -2.33. The zero-order chi connectivity index (χ0) is 23.9.